The van der Waals surface area contributed by atoms with Crippen LogP contribution in [0.5, 0.6) is 0 Å². The molecule has 0 saturated heterocycles. The van der Waals surface area contributed by atoms with E-state index in [0.717, 1.165) is 40.4 Å². The molecule has 0 spiro atoms. The van der Waals surface area contributed by atoms with Crippen molar-refractivity contribution in [3.05, 3.63) is 23.2 Å². The first-order valence-electron chi connectivity index (χ1n) is 9.50. The predicted octanol–water partition coefficient (Wildman–Crippen LogP) is 5.63. The zero-order valence-electron chi connectivity index (χ0n) is 15.8. The Hall–Kier alpha value is -2.15. The number of fused-ring (bicyclic) bond motifs is 1. The van der Waals surface area contributed by atoms with E-state index in [1.807, 2.05) is 19.1 Å². The van der Waals surface area contributed by atoms with Crippen molar-refractivity contribution in [2.45, 2.75) is 65.3 Å². The van der Waals surface area contributed by atoms with Crippen LogP contribution in [0.2, 0.25) is 0 Å². The van der Waals surface area contributed by atoms with Gasteiger partial charge in [-0.15, -0.1) is 11.3 Å². The average Bonchev–Trinajstić information content (AvgIpc) is 3.26. The molecule has 6 nitrogen and oxygen atoms in total. The summed E-state index contributed by atoms with van der Waals surface area (Å²) in [4.78, 5) is 9.48. The highest BCUT2D eigenvalue weighted by molar-refractivity contribution is 7.17. The molecule has 0 fully saturated rings. The number of thiophene rings is 1. The Morgan fingerprint density at radius 3 is 2.58 bits per heavy atom. The summed E-state index contributed by atoms with van der Waals surface area (Å²) in [7, 11) is 0. The van der Waals surface area contributed by atoms with Crippen LogP contribution < -0.4 is 10.6 Å². The minimum atomic E-state index is 0.423. The molecule has 0 aliphatic heterocycles. The molecule has 0 radical (unpaired) electrons. The molecule has 0 aliphatic carbocycles. The van der Waals surface area contributed by atoms with Gasteiger partial charge < -0.3 is 10.6 Å². The Balaban J connectivity index is 1.83. The fourth-order valence-electron chi connectivity index (χ4n) is 2.99. The molecule has 0 unspecified atom stereocenters. The second kappa shape index (κ2) is 8.98. The topological polar surface area (TPSA) is 78.5 Å². The van der Waals surface area contributed by atoms with E-state index in [-0.39, 0.29) is 0 Å². The third kappa shape index (κ3) is 4.72. The van der Waals surface area contributed by atoms with E-state index >= 15 is 0 Å². The van der Waals surface area contributed by atoms with Crippen molar-refractivity contribution in [1.29, 1.82) is 0 Å². The number of rotatable bonds is 10. The van der Waals surface area contributed by atoms with E-state index in [0.29, 0.717) is 12.0 Å². The van der Waals surface area contributed by atoms with Crippen LogP contribution in [0.25, 0.3) is 10.2 Å². The van der Waals surface area contributed by atoms with Crippen LogP contribution in [-0.4, -0.2) is 26.2 Å². The van der Waals surface area contributed by atoms with Crippen molar-refractivity contribution in [3.63, 3.8) is 0 Å². The number of nitrogens with zero attached hydrogens (tertiary/aromatic N) is 3. The summed E-state index contributed by atoms with van der Waals surface area (Å²) in [5.41, 5.74) is 1.98. The second-order valence-electron chi connectivity index (χ2n) is 6.72. The van der Waals surface area contributed by atoms with Gasteiger partial charge in [0.25, 0.3) is 0 Å². The largest absolute Gasteiger partial charge is 0.351 e. The lowest BCUT2D eigenvalue weighted by molar-refractivity contribution is 0.544. The zero-order valence-corrected chi connectivity index (χ0v) is 16.6. The maximum atomic E-state index is 4.76. The number of nitrogens with one attached hydrogen (secondary N) is 3. The number of hydrogen-bond donors (Lipinski definition) is 3. The number of anilines is 3. The highest BCUT2D eigenvalue weighted by atomic mass is 32.1. The van der Waals surface area contributed by atoms with Crippen LogP contribution >= 0.6 is 11.3 Å². The van der Waals surface area contributed by atoms with Crippen molar-refractivity contribution in [2.75, 3.05) is 10.6 Å². The maximum absolute atomic E-state index is 4.76. The summed E-state index contributed by atoms with van der Waals surface area (Å²) in [5.74, 6) is 2.28. The number of aromatic amines is 1. The van der Waals surface area contributed by atoms with E-state index in [1.165, 1.54) is 25.7 Å². The Morgan fingerprint density at radius 2 is 1.92 bits per heavy atom. The van der Waals surface area contributed by atoms with Gasteiger partial charge in [0.2, 0.25) is 5.95 Å². The van der Waals surface area contributed by atoms with E-state index < -0.39 is 0 Å². The highest BCUT2D eigenvalue weighted by Gasteiger charge is 2.14. The predicted molar refractivity (Wildman–Crippen MR) is 110 cm³/mol. The fraction of sp³-hybridized carbons (Fsp3) is 0.526. The van der Waals surface area contributed by atoms with E-state index in [4.69, 9.17) is 9.97 Å². The molecule has 3 aromatic heterocycles. The fourth-order valence-corrected chi connectivity index (χ4v) is 3.76. The first kappa shape index (κ1) is 18.6. The summed E-state index contributed by atoms with van der Waals surface area (Å²) in [6.45, 7) is 6.45. The van der Waals surface area contributed by atoms with Gasteiger partial charge in [0.1, 0.15) is 0 Å². The third-order valence-corrected chi connectivity index (χ3v) is 5.31. The van der Waals surface area contributed by atoms with Crippen LogP contribution in [0.15, 0.2) is 17.5 Å². The van der Waals surface area contributed by atoms with Gasteiger partial charge in [-0.2, -0.15) is 10.1 Å². The van der Waals surface area contributed by atoms with E-state index in [1.54, 1.807) is 11.3 Å². The molecule has 3 N–H and O–H groups in total. The van der Waals surface area contributed by atoms with Gasteiger partial charge in [0.15, 0.2) is 11.6 Å². The van der Waals surface area contributed by atoms with Crippen molar-refractivity contribution in [1.82, 2.24) is 20.2 Å². The first-order valence-corrected chi connectivity index (χ1v) is 10.4. The Labute approximate surface area is 158 Å². The molecule has 0 amide bonds. The lowest BCUT2D eigenvalue weighted by atomic mass is 10.0. The Kier molecular flexibility index (Phi) is 6.44. The van der Waals surface area contributed by atoms with Crippen molar-refractivity contribution < 1.29 is 0 Å². The summed E-state index contributed by atoms with van der Waals surface area (Å²) >= 11 is 1.64. The van der Waals surface area contributed by atoms with Crippen molar-refractivity contribution in [2.24, 2.45) is 0 Å². The number of unbranched alkanes of at least 4 members (excludes halogenated alkanes) is 2. The van der Waals surface area contributed by atoms with Gasteiger partial charge in [0, 0.05) is 17.8 Å². The molecule has 0 aromatic carbocycles. The molecule has 26 heavy (non-hydrogen) atoms. The SMILES string of the molecule is CCCCC(CCCC)Nc1nc(Nc2cc(C)[nH]n2)c2sccc2n1. The highest BCUT2D eigenvalue weighted by Crippen LogP contribution is 2.29. The molecule has 0 saturated carbocycles. The van der Waals surface area contributed by atoms with Gasteiger partial charge in [-0.1, -0.05) is 39.5 Å². The molecule has 0 aliphatic rings. The van der Waals surface area contributed by atoms with E-state index in [9.17, 15) is 0 Å². The number of aromatic nitrogens is 4. The standard InChI is InChI=1S/C19H28N6S/c1-4-6-8-14(9-7-5-2)20-19-21-15-10-11-26-17(15)18(23-19)22-16-12-13(3)24-25-16/h10-12,14H,4-9H2,1-3H3,(H3,20,21,22,23,24,25). The Morgan fingerprint density at radius 1 is 1.15 bits per heavy atom. The molecule has 3 aromatic rings. The summed E-state index contributed by atoms with van der Waals surface area (Å²) in [6.07, 6.45) is 7.17. The minimum absolute atomic E-state index is 0.423. The van der Waals surface area contributed by atoms with Gasteiger partial charge in [-0.25, -0.2) is 4.98 Å². The maximum Gasteiger partial charge on any atom is 0.225 e. The van der Waals surface area contributed by atoms with Crippen LogP contribution in [-0.2, 0) is 0 Å². The van der Waals surface area contributed by atoms with Gasteiger partial charge in [-0.3, -0.25) is 5.10 Å². The minimum Gasteiger partial charge on any atom is -0.351 e. The van der Waals surface area contributed by atoms with Crippen LogP contribution in [0.3, 0.4) is 0 Å². The van der Waals surface area contributed by atoms with Crippen molar-refractivity contribution in [3.8, 4) is 0 Å². The summed E-state index contributed by atoms with van der Waals surface area (Å²) in [6, 6.07) is 4.44. The van der Waals surface area contributed by atoms with Crippen LogP contribution in [0.4, 0.5) is 17.6 Å². The van der Waals surface area contributed by atoms with Gasteiger partial charge >= 0.3 is 0 Å². The average molecular weight is 373 g/mol. The van der Waals surface area contributed by atoms with Crippen LogP contribution in [0, 0.1) is 6.92 Å². The number of aryl methyl sites for hydroxylation is 1. The summed E-state index contributed by atoms with van der Waals surface area (Å²) < 4.78 is 1.05. The Bertz CT molecular complexity index is 816. The van der Waals surface area contributed by atoms with Gasteiger partial charge in [-0.05, 0) is 31.2 Å². The molecular formula is C19H28N6S. The number of H-pyrrole nitrogens is 1. The molecule has 7 heteroatoms. The monoisotopic (exact) mass is 372 g/mol. The summed E-state index contributed by atoms with van der Waals surface area (Å²) in [5, 5.41) is 16.2. The molecule has 3 rings (SSSR count). The lowest BCUT2D eigenvalue weighted by Gasteiger charge is -2.19. The molecular weight excluding hydrogens is 344 g/mol. The van der Waals surface area contributed by atoms with Crippen molar-refractivity contribution >= 4 is 39.1 Å². The second-order valence-corrected chi connectivity index (χ2v) is 7.63. The van der Waals surface area contributed by atoms with E-state index in [2.05, 4.69) is 40.1 Å². The molecule has 3 heterocycles. The van der Waals surface area contributed by atoms with Gasteiger partial charge in [0.05, 0.1) is 10.2 Å². The number of hydrogen-bond acceptors (Lipinski definition) is 6. The normalized spacial score (nSPS) is 11.4. The quantitative estimate of drug-likeness (QED) is 0.430. The first-order chi connectivity index (χ1) is 12.7. The molecule has 0 atom stereocenters. The van der Waals surface area contributed by atoms with Crippen LogP contribution in [0.1, 0.15) is 58.1 Å². The molecule has 140 valence electrons. The molecule has 0 bridgehead atoms. The third-order valence-electron chi connectivity index (χ3n) is 4.40. The lowest BCUT2D eigenvalue weighted by Crippen LogP contribution is -2.21. The zero-order chi connectivity index (χ0) is 18.4. The smallest absolute Gasteiger partial charge is 0.225 e.